The predicted octanol–water partition coefficient (Wildman–Crippen LogP) is 0.771. The van der Waals surface area contributed by atoms with Gasteiger partial charge < -0.3 is 10.2 Å². The van der Waals surface area contributed by atoms with Crippen molar-refractivity contribution in [2.45, 2.75) is 31.7 Å². The van der Waals surface area contributed by atoms with Crippen LogP contribution in [-0.4, -0.2) is 55.3 Å². The smallest absolute Gasteiger partial charge is 0.225 e. The summed E-state index contributed by atoms with van der Waals surface area (Å²) >= 11 is 0. The third-order valence-corrected chi connectivity index (χ3v) is 6.93. The van der Waals surface area contributed by atoms with Gasteiger partial charge in [0.15, 0.2) is 9.84 Å². The van der Waals surface area contributed by atoms with E-state index in [4.69, 9.17) is 0 Å². The van der Waals surface area contributed by atoms with Crippen LogP contribution in [-0.2, 0) is 25.8 Å². The van der Waals surface area contributed by atoms with Crippen LogP contribution in [0.4, 0.5) is 0 Å². The first-order valence-corrected chi connectivity index (χ1v) is 10.4. The summed E-state index contributed by atoms with van der Waals surface area (Å²) in [7, 11) is -3.08. The van der Waals surface area contributed by atoms with E-state index in [0.29, 0.717) is 19.5 Å². The molecule has 2 saturated heterocycles. The van der Waals surface area contributed by atoms with Gasteiger partial charge in [-0.05, 0) is 25.3 Å². The molecule has 0 saturated carbocycles. The van der Waals surface area contributed by atoms with Gasteiger partial charge in [0.2, 0.25) is 11.8 Å². The molecule has 2 aliphatic rings. The Kier molecular flexibility index (Phi) is 4.86. The summed E-state index contributed by atoms with van der Waals surface area (Å²) in [6.07, 6.45) is 1.39. The molecule has 2 aliphatic heterocycles. The quantitative estimate of drug-likeness (QED) is 0.837. The Morgan fingerprint density at radius 1 is 1.32 bits per heavy atom. The molecule has 0 unspecified atom stereocenters. The fourth-order valence-corrected chi connectivity index (χ4v) is 5.67. The van der Waals surface area contributed by atoms with E-state index < -0.39 is 21.3 Å². The number of carbonyl (C=O) groups excluding carboxylic acids is 2. The van der Waals surface area contributed by atoms with E-state index >= 15 is 0 Å². The topological polar surface area (TPSA) is 83.6 Å². The van der Waals surface area contributed by atoms with E-state index in [9.17, 15) is 18.0 Å². The summed E-state index contributed by atoms with van der Waals surface area (Å²) in [6.45, 7) is 2.76. The minimum absolute atomic E-state index is 0.0136. The number of likely N-dealkylation sites (tertiary alicyclic amines) is 1. The Morgan fingerprint density at radius 2 is 2.04 bits per heavy atom. The van der Waals surface area contributed by atoms with Crippen molar-refractivity contribution >= 4 is 21.7 Å². The van der Waals surface area contributed by atoms with E-state index in [0.717, 1.165) is 12.0 Å². The van der Waals surface area contributed by atoms with Gasteiger partial charge in [0, 0.05) is 19.5 Å². The summed E-state index contributed by atoms with van der Waals surface area (Å²) in [5.41, 5.74) is 0.447. The molecule has 3 rings (SSSR count). The van der Waals surface area contributed by atoms with Crippen LogP contribution in [0, 0.1) is 5.92 Å². The maximum atomic E-state index is 12.5. The molecule has 1 N–H and O–H groups in total. The molecule has 0 spiro atoms. The highest BCUT2D eigenvalue weighted by Crippen LogP contribution is 2.25. The summed E-state index contributed by atoms with van der Waals surface area (Å²) in [5.74, 6) is -0.542. The van der Waals surface area contributed by atoms with Crippen LogP contribution in [0.1, 0.15) is 25.3 Å². The van der Waals surface area contributed by atoms with Crippen molar-refractivity contribution in [1.82, 2.24) is 10.2 Å². The van der Waals surface area contributed by atoms with Gasteiger partial charge >= 0.3 is 0 Å². The number of nitrogens with zero attached hydrogens (tertiary/aromatic N) is 1. The number of rotatable bonds is 5. The first kappa shape index (κ1) is 17.9. The normalized spacial score (nSPS) is 28.3. The van der Waals surface area contributed by atoms with E-state index in [1.165, 1.54) is 0 Å². The summed E-state index contributed by atoms with van der Waals surface area (Å²) in [5, 5.41) is 2.87. The number of sulfone groups is 1. The molecule has 136 valence electrons. The van der Waals surface area contributed by atoms with Crippen molar-refractivity contribution in [2.75, 3.05) is 24.6 Å². The minimum Gasteiger partial charge on any atom is -0.350 e. The van der Waals surface area contributed by atoms with E-state index in [1.54, 1.807) is 11.8 Å². The van der Waals surface area contributed by atoms with Gasteiger partial charge in [-0.25, -0.2) is 8.42 Å². The van der Waals surface area contributed by atoms with E-state index in [-0.39, 0.29) is 29.7 Å². The second-order valence-electron chi connectivity index (χ2n) is 7.37. The molecule has 2 heterocycles. The predicted molar refractivity (Wildman–Crippen MR) is 94.7 cm³/mol. The number of hydrogen-bond donors (Lipinski definition) is 1. The van der Waals surface area contributed by atoms with Crippen LogP contribution in [0.5, 0.6) is 0 Å². The van der Waals surface area contributed by atoms with Crippen LogP contribution in [0.25, 0.3) is 0 Å². The van der Waals surface area contributed by atoms with Gasteiger partial charge in [-0.3, -0.25) is 9.59 Å². The van der Waals surface area contributed by atoms with Gasteiger partial charge in [0.1, 0.15) is 0 Å². The molecular weight excluding hydrogens is 340 g/mol. The lowest BCUT2D eigenvalue weighted by Crippen LogP contribution is -2.49. The standard InChI is InChI=1S/C18H24N2O4S/c1-18(8-10-25(23,24)13-18)19-17(22)15-11-16(21)20(12-15)9-7-14-5-3-2-4-6-14/h2-6,15H,7-13H2,1H3,(H,19,22)/t15-,18-/m0/s1. The minimum atomic E-state index is -3.08. The van der Waals surface area contributed by atoms with Crippen molar-refractivity contribution in [2.24, 2.45) is 5.92 Å². The van der Waals surface area contributed by atoms with Crippen molar-refractivity contribution in [3.8, 4) is 0 Å². The largest absolute Gasteiger partial charge is 0.350 e. The lowest BCUT2D eigenvalue weighted by Gasteiger charge is -2.25. The lowest BCUT2D eigenvalue weighted by molar-refractivity contribution is -0.129. The molecule has 1 aromatic carbocycles. The number of carbonyl (C=O) groups is 2. The van der Waals surface area contributed by atoms with E-state index in [1.807, 2.05) is 30.3 Å². The SMILES string of the molecule is C[C@]1(NC(=O)[C@H]2CC(=O)N(CCc3ccccc3)C2)CCS(=O)(=O)C1. The van der Waals surface area contributed by atoms with Gasteiger partial charge in [0.25, 0.3) is 0 Å². The Labute approximate surface area is 148 Å². The molecule has 25 heavy (non-hydrogen) atoms. The third-order valence-electron chi connectivity index (χ3n) is 5.03. The first-order chi connectivity index (χ1) is 11.8. The van der Waals surface area contributed by atoms with Crippen LogP contribution in [0.15, 0.2) is 30.3 Å². The number of benzene rings is 1. The van der Waals surface area contributed by atoms with Crippen LogP contribution in [0.3, 0.4) is 0 Å². The molecule has 1 aromatic rings. The maximum Gasteiger partial charge on any atom is 0.225 e. The highest BCUT2D eigenvalue weighted by Gasteiger charge is 2.42. The zero-order valence-electron chi connectivity index (χ0n) is 14.4. The number of amides is 2. The van der Waals surface area contributed by atoms with Crippen molar-refractivity contribution in [1.29, 1.82) is 0 Å². The maximum absolute atomic E-state index is 12.5. The fraction of sp³-hybridized carbons (Fsp3) is 0.556. The molecule has 7 heteroatoms. The van der Waals surface area contributed by atoms with Crippen molar-refractivity contribution < 1.29 is 18.0 Å². The monoisotopic (exact) mass is 364 g/mol. The molecular formula is C18H24N2O4S. The van der Waals surface area contributed by atoms with Gasteiger partial charge in [-0.2, -0.15) is 0 Å². The highest BCUT2D eigenvalue weighted by atomic mass is 32.2. The molecule has 0 aliphatic carbocycles. The molecule has 2 atom stereocenters. The Bertz CT molecular complexity index is 763. The third kappa shape index (κ3) is 4.39. The fourth-order valence-electron chi connectivity index (χ4n) is 3.58. The molecule has 0 bridgehead atoms. The van der Waals surface area contributed by atoms with Crippen LogP contribution >= 0.6 is 0 Å². The van der Waals surface area contributed by atoms with Crippen molar-refractivity contribution in [3.05, 3.63) is 35.9 Å². The molecule has 0 aromatic heterocycles. The summed E-state index contributed by atoms with van der Waals surface area (Å²) < 4.78 is 23.3. The zero-order chi connectivity index (χ0) is 18.1. The first-order valence-electron chi connectivity index (χ1n) is 8.61. The lowest BCUT2D eigenvalue weighted by atomic mass is 9.99. The van der Waals surface area contributed by atoms with E-state index in [2.05, 4.69) is 5.32 Å². The highest BCUT2D eigenvalue weighted by molar-refractivity contribution is 7.91. The molecule has 2 fully saturated rings. The van der Waals surface area contributed by atoms with Crippen LogP contribution in [0.2, 0.25) is 0 Å². The summed E-state index contributed by atoms with van der Waals surface area (Å²) in [4.78, 5) is 26.4. The van der Waals surface area contributed by atoms with Gasteiger partial charge in [0.05, 0.1) is 23.0 Å². The van der Waals surface area contributed by atoms with Gasteiger partial charge in [-0.1, -0.05) is 30.3 Å². The molecule has 2 amide bonds. The summed E-state index contributed by atoms with van der Waals surface area (Å²) in [6, 6.07) is 9.92. The number of hydrogen-bond acceptors (Lipinski definition) is 4. The number of nitrogens with one attached hydrogen (secondary N) is 1. The molecule has 0 radical (unpaired) electrons. The Hall–Kier alpha value is -1.89. The zero-order valence-corrected chi connectivity index (χ0v) is 15.2. The second-order valence-corrected chi connectivity index (χ2v) is 9.55. The average molecular weight is 364 g/mol. The molecule has 6 nitrogen and oxygen atoms in total. The average Bonchev–Trinajstić information content (AvgIpc) is 3.05. The Balaban J connectivity index is 1.54. The van der Waals surface area contributed by atoms with Crippen molar-refractivity contribution in [3.63, 3.8) is 0 Å². The second kappa shape index (κ2) is 6.78. The Morgan fingerprint density at radius 3 is 2.68 bits per heavy atom. The van der Waals surface area contributed by atoms with Crippen LogP contribution < -0.4 is 5.32 Å². The van der Waals surface area contributed by atoms with Gasteiger partial charge in [-0.15, -0.1) is 0 Å².